The first-order valence-corrected chi connectivity index (χ1v) is 25.8. The number of rotatable bonds is 32. The molecule has 2 rings (SSSR count). The number of azide groups is 1. The Morgan fingerprint density at radius 3 is 2.04 bits per heavy atom. The third-order valence-electron chi connectivity index (χ3n) is 14.1. The van der Waals surface area contributed by atoms with Crippen LogP contribution in [0.2, 0.25) is 0 Å². The van der Waals surface area contributed by atoms with Crippen molar-refractivity contribution in [3.63, 3.8) is 0 Å². The minimum Gasteiger partial charge on any atom is -0.379 e. The fraction of sp³-hybridized carbons (Fsp3) is 0.765. The van der Waals surface area contributed by atoms with Gasteiger partial charge in [0.2, 0.25) is 29.5 Å². The lowest BCUT2D eigenvalue weighted by atomic mass is 9.89. The Kier molecular flexibility index (Phi) is 27.6. The number of nitrogens with one attached hydrogen (secondary N) is 5. The number of nitrogens with two attached hydrogens (primary N) is 2. The number of hydrogen-bond acceptors (Lipinski definition) is 12. The average molecular weight is 1010 g/mol. The van der Waals surface area contributed by atoms with E-state index < -0.39 is 54.0 Å². The van der Waals surface area contributed by atoms with E-state index in [1.807, 2.05) is 60.7 Å². The molecule has 9 N–H and O–H groups in total. The molecule has 1 saturated heterocycles. The van der Waals surface area contributed by atoms with E-state index in [0.29, 0.717) is 31.5 Å². The Hall–Kier alpha value is -5.05. The van der Waals surface area contributed by atoms with Crippen molar-refractivity contribution >= 4 is 41.3 Å². The van der Waals surface area contributed by atoms with Crippen molar-refractivity contribution in [3.05, 3.63) is 40.3 Å². The summed E-state index contributed by atoms with van der Waals surface area (Å²) in [5.74, 6) is -2.26. The molecular weight excluding hydrogens is 923 g/mol. The third kappa shape index (κ3) is 19.4. The van der Waals surface area contributed by atoms with Crippen LogP contribution < -0.4 is 38.1 Å². The summed E-state index contributed by atoms with van der Waals surface area (Å²) in [6, 6.07) is 2.55. The largest absolute Gasteiger partial charge is 0.379 e. The maximum Gasteiger partial charge on any atom is 0.312 e. The Morgan fingerprint density at radius 2 is 1.51 bits per heavy atom. The van der Waals surface area contributed by atoms with Gasteiger partial charge in [-0.1, -0.05) is 86.0 Å². The van der Waals surface area contributed by atoms with Crippen LogP contribution in [0.3, 0.4) is 0 Å². The van der Waals surface area contributed by atoms with Gasteiger partial charge in [0, 0.05) is 63.6 Å². The van der Waals surface area contributed by atoms with Gasteiger partial charge in [-0.2, -0.15) is 0 Å². The predicted molar refractivity (Wildman–Crippen MR) is 281 cm³/mol. The van der Waals surface area contributed by atoms with E-state index in [4.69, 9.17) is 20.9 Å². The van der Waals surface area contributed by atoms with Crippen LogP contribution in [0.25, 0.3) is 10.4 Å². The molecule has 1 fully saturated rings. The molecule has 408 valence electrons. The van der Waals surface area contributed by atoms with Crippen molar-refractivity contribution in [1.29, 1.82) is 0 Å². The van der Waals surface area contributed by atoms with E-state index in [1.54, 1.807) is 57.2 Å². The van der Waals surface area contributed by atoms with Gasteiger partial charge in [-0.15, -0.1) is 0 Å². The monoisotopic (exact) mass is 1010 g/mol. The minimum absolute atomic E-state index is 0.00328. The van der Waals surface area contributed by atoms with Crippen LogP contribution in [-0.2, 0) is 39.9 Å². The molecule has 0 bridgehead atoms. The standard InChI is InChI=1S/C51H91N13O8/c1-15-33(8)44(63(12)50(69)42(31(4)5)60-49(68)43(32(6)7)62(10)11)40(71-13)24-27-64-26-17-19-39(64)45(72-14)34(9)46(65)58-37(29-56-61-54)28-35-20-22-36(23-21-35)57-47(66)38(18-16-25-55-51(53)70)59-48(67)41(52)30(2)3/h20-23,30-34,37-45H,15-19,24-29,52H2,1-14H3,(H,57,66)(H,58,65)(H,59,67)(H,60,68)(H3,53,55,70)/t33?,34?,37?,38?,39-,40?,41?,42?,43?,44?,45?/m0/s1. The Morgan fingerprint density at radius 1 is 0.861 bits per heavy atom. The number of carbonyl (C=O) groups excluding carboxylic acids is 6. The average Bonchev–Trinajstić information content (AvgIpc) is 3.79. The number of carbonyl (C=O) groups is 6. The summed E-state index contributed by atoms with van der Waals surface area (Å²) in [5, 5.41) is 18.0. The molecule has 21 heteroatoms. The molecule has 21 nitrogen and oxygen atoms in total. The van der Waals surface area contributed by atoms with Gasteiger partial charge in [0.15, 0.2) is 0 Å². The van der Waals surface area contributed by atoms with E-state index in [1.165, 1.54) is 0 Å². The van der Waals surface area contributed by atoms with E-state index in [-0.39, 0.29) is 85.1 Å². The smallest absolute Gasteiger partial charge is 0.312 e. The zero-order valence-electron chi connectivity index (χ0n) is 45.8. The molecule has 7 amide bonds. The second-order valence-electron chi connectivity index (χ2n) is 20.8. The van der Waals surface area contributed by atoms with Gasteiger partial charge in [-0.05, 0) is 106 Å². The Bertz CT molecular complexity index is 1910. The number of likely N-dealkylation sites (N-methyl/N-ethyl adjacent to an activating group) is 2. The molecule has 1 aromatic carbocycles. The molecule has 0 radical (unpaired) electrons. The van der Waals surface area contributed by atoms with Crippen molar-refractivity contribution in [2.45, 2.75) is 162 Å². The van der Waals surface area contributed by atoms with Crippen LogP contribution in [-0.4, -0.2) is 166 Å². The number of hydrogen-bond donors (Lipinski definition) is 7. The topological polar surface area (TPSA) is 292 Å². The fourth-order valence-electron chi connectivity index (χ4n) is 9.78. The molecule has 72 heavy (non-hydrogen) atoms. The summed E-state index contributed by atoms with van der Waals surface area (Å²) in [7, 11) is 8.84. The fourth-order valence-corrected chi connectivity index (χ4v) is 9.78. The van der Waals surface area contributed by atoms with Crippen molar-refractivity contribution in [1.82, 2.24) is 36.0 Å². The lowest BCUT2D eigenvalue weighted by Gasteiger charge is -2.41. The Balaban J connectivity index is 2.21. The lowest BCUT2D eigenvalue weighted by Crippen LogP contribution is -2.59. The molecule has 0 aromatic heterocycles. The maximum absolute atomic E-state index is 14.4. The van der Waals surface area contributed by atoms with Crippen LogP contribution in [0.5, 0.6) is 0 Å². The zero-order chi connectivity index (χ0) is 54.4. The van der Waals surface area contributed by atoms with Crippen LogP contribution in [0.15, 0.2) is 29.4 Å². The first-order chi connectivity index (χ1) is 33.9. The van der Waals surface area contributed by atoms with Crippen molar-refractivity contribution in [3.8, 4) is 0 Å². The summed E-state index contributed by atoms with van der Waals surface area (Å²) < 4.78 is 12.3. The van der Waals surface area contributed by atoms with Gasteiger partial charge in [-0.25, -0.2) is 4.79 Å². The number of amides is 7. The summed E-state index contributed by atoms with van der Waals surface area (Å²) >= 11 is 0. The first kappa shape index (κ1) is 63.1. The molecule has 1 aliphatic rings. The maximum atomic E-state index is 14.4. The minimum atomic E-state index is -0.931. The van der Waals surface area contributed by atoms with Gasteiger partial charge in [0.1, 0.15) is 12.1 Å². The quantitative estimate of drug-likeness (QED) is 0.0234. The molecule has 1 heterocycles. The number of primary amides is 1. The van der Waals surface area contributed by atoms with Crippen molar-refractivity contribution < 1.29 is 38.2 Å². The van der Waals surface area contributed by atoms with Gasteiger partial charge in [0.05, 0.1) is 36.3 Å². The highest BCUT2D eigenvalue weighted by Gasteiger charge is 2.41. The van der Waals surface area contributed by atoms with E-state index in [2.05, 4.69) is 55.4 Å². The normalized spacial score (nSPS) is 18.2. The second kappa shape index (κ2) is 31.5. The van der Waals surface area contributed by atoms with Crippen LogP contribution in [0.1, 0.15) is 106 Å². The molecule has 0 aliphatic carbocycles. The summed E-state index contributed by atoms with van der Waals surface area (Å²) in [6.07, 6.45) is 3.28. The summed E-state index contributed by atoms with van der Waals surface area (Å²) in [6.45, 7) is 19.2. The molecule has 1 aliphatic heterocycles. The molecule has 11 atom stereocenters. The van der Waals surface area contributed by atoms with Crippen molar-refractivity contribution in [2.24, 2.45) is 46.2 Å². The number of likely N-dealkylation sites (tertiary alicyclic amines) is 1. The van der Waals surface area contributed by atoms with Crippen LogP contribution >= 0.6 is 0 Å². The van der Waals surface area contributed by atoms with Crippen LogP contribution in [0.4, 0.5) is 10.5 Å². The lowest BCUT2D eigenvalue weighted by molar-refractivity contribution is -0.143. The second-order valence-corrected chi connectivity index (χ2v) is 20.8. The molecule has 0 spiro atoms. The molecular formula is C51H91N13O8. The number of ether oxygens (including phenoxy) is 2. The molecule has 0 saturated carbocycles. The van der Waals surface area contributed by atoms with Gasteiger partial charge < -0.3 is 52.4 Å². The number of anilines is 1. The Labute approximate surface area is 429 Å². The summed E-state index contributed by atoms with van der Waals surface area (Å²) in [4.78, 5) is 88.3. The zero-order valence-corrected chi connectivity index (χ0v) is 45.8. The van der Waals surface area contributed by atoms with Crippen LogP contribution in [0, 0.1) is 29.6 Å². The predicted octanol–water partition coefficient (Wildman–Crippen LogP) is 4.00. The SMILES string of the molecule is CCC(C)C(C(CCN1CCC[C@H]1C(OC)C(C)C(=O)NC(CN=[N+]=[N-])Cc1ccc(NC(=O)C(CCCNC(N)=O)NC(=O)C(N)C(C)C)cc1)OC)N(C)C(=O)C(NC(=O)C(C(C)C)N(C)C)C(C)C. The number of benzene rings is 1. The van der Waals surface area contributed by atoms with E-state index in [9.17, 15) is 34.3 Å². The number of methoxy groups -OCH3 is 2. The summed E-state index contributed by atoms with van der Waals surface area (Å²) in [5.41, 5.74) is 21.7. The highest BCUT2D eigenvalue weighted by Crippen LogP contribution is 2.29. The highest BCUT2D eigenvalue weighted by atomic mass is 16.5. The van der Waals surface area contributed by atoms with E-state index in [0.717, 1.165) is 31.4 Å². The van der Waals surface area contributed by atoms with Gasteiger partial charge in [0.25, 0.3) is 0 Å². The van der Waals surface area contributed by atoms with Gasteiger partial charge >= 0.3 is 6.03 Å². The number of nitrogens with zero attached hydrogens (tertiary/aromatic N) is 6. The van der Waals surface area contributed by atoms with Crippen molar-refractivity contribution in [2.75, 3.05) is 66.9 Å². The third-order valence-corrected chi connectivity index (χ3v) is 14.1. The van der Waals surface area contributed by atoms with Gasteiger partial charge in [-0.3, -0.25) is 33.8 Å². The number of urea groups is 1. The van der Waals surface area contributed by atoms with E-state index >= 15 is 0 Å². The first-order valence-electron chi connectivity index (χ1n) is 25.8. The molecule has 1 aromatic rings. The molecule has 10 unspecified atom stereocenters. The highest BCUT2D eigenvalue weighted by molar-refractivity contribution is 5.98.